The number of fused-ring (bicyclic) bond motifs is 1. The van der Waals surface area contributed by atoms with Crippen LogP contribution >= 0.6 is 11.6 Å². The Balaban J connectivity index is 1.20. The number of nitrogens with one attached hydrogen (secondary N) is 1. The van der Waals surface area contributed by atoms with Crippen molar-refractivity contribution in [2.75, 3.05) is 24.5 Å². The predicted molar refractivity (Wildman–Crippen MR) is 171 cm³/mol. The number of halogens is 1. The van der Waals surface area contributed by atoms with Gasteiger partial charge in [0.1, 0.15) is 0 Å². The highest BCUT2D eigenvalue weighted by molar-refractivity contribution is 6.30. The number of aromatic hydroxyl groups is 1. The van der Waals surface area contributed by atoms with Gasteiger partial charge in [-0.1, -0.05) is 59.6 Å². The first-order chi connectivity index (χ1) is 21.3. The third kappa shape index (κ3) is 6.65. The molecule has 2 saturated heterocycles. The summed E-state index contributed by atoms with van der Waals surface area (Å²) >= 11 is 6.11. The lowest BCUT2D eigenvalue weighted by Gasteiger charge is -2.33. The standard InChI is InChI=1S/C35H34ClN3O5/c36-26-12-10-23(11-13-26)19-27(37-35(43)32-21-31(41)28-6-3-8-30(40)34(28)44-32)20-24-14-17-38(18-15-24)29-7-2-1-5-25(29)22-39-16-4-9-33(39)42/h1-3,5-8,10-13,20-21,27,40H,4,9,14-19,22H2,(H,37,43)/t27-/m1/s1. The smallest absolute Gasteiger partial charge is 0.287 e. The summed E-state index contributed by atoms with van der Waals surface area (Å²) in [5.74, 6) is -0.677. The van der Waals surface area contributed by atoms with Crippen LogP contribution in [0.2, 0.25) is 5.02 Å². The molecule has 9 heteroatoms. The van der Waals surface area contributed by atoms with Crippen molar-refractivity contribution >= 4 is 40.1 Å². The zero-order valence-electron chi connectivity index (χ0n) is 24.3. The van der Waals surface area contributed by atoms with Crippen LogP contribution in [-0.4, -0.2) is 47.5 Å². The summed E-state index contributed by atoms with van der Waals surface area (Å²) in [6.45, 7) is 3.07. The zero-order valence-corrected chi connectivity index (χ0v) is 25.1. The first-order valence-electron chi connectivity index (χ1n) is 15.0. The van der Waals surface area contributed by atoms with Crippen LogP contribution in [0.1, 0.15) is 47.4 Å². The number of phenols is 1. The summed E-state index contributed by atoms with van der Waals surface area (Å²) < 4.78 is 5.69. The molecule has 2 aliphatic heterocycles. The summed E-state index contributed by atoms with van der Waals surface area (Å²) in [4.78, 5) is 42.6. The topological polar surface area (TPSA) is 103 Å². The van der Waals surface area contributed by atoms with Crippen LogP contribution in [-0.2, 0) is 17.8 Å². The summed E-state index contributed by atoms with van der Waals surface area (Å²) in [6.07, 6.45) is 5.82. The first kappa shape index (κ1) is 29.5. The number of carbonyl (C=O) groups is 2. The Labute approximate surface area is 260 Å². The van der Waals surface area contributed by atoms with Crippen molar-refractivity contribution < 1.29 is 19.1 Å². The minimum Gasteiger partial charge on any atom is -0.504 e. The van der Waals surface area contributed by atoms with E-state index in [1.54, 1.807) is 12.1 Å². The number of hydrogen-bond donors (Lipinski definition) is 2. The number of carbonyl (C=O) groups excluding carboxylic acids is 2. The summed E-state index contributed by atoms with van der Waals surface area (Å²) in [5, 5.41) is 14.1. The van der Waals surface area contributed by atoms with Crippen LogP contribution in [0.25, 0.3) is 11.0 Å². The van der Waals surface area contributed by atoms with Crippen LogP contribution in [0.5, 0.6) is 5.75 Å². The molecule has 0 radical (unpaired) electrons. The fraction of sp³-hybridized carbons (Fsp3) is 0.286. The van der Waals surface area contributed by atoms with E-state index in [9.17, 15) is 19.5 Å². The number of piperidine rings is 1. The molecule has 8 nitrogen and oxygen atoms in total. The van der Waals surface area contributed by atoms with Gasteiger partial charge in [0, 0.05) is 49.4 Å². The van der Waals surface area contributed by atoms with Crippen LogP contribution in [0.3, 0.4) is 0 Å². The second-order valence-corrected chi connectivity index (χ2v) is 11.8. The quantitative estimate of drug-likeness (QED) is 0.243. The van der Waals surface area contributed by atoms with E-state index < -0.39 is 11.3 Å². The van der Waals surface area contributed by atoms with Crippen LogP contribution in [0.4, 0.5) is 5.69 Å². The van der Waals surface area contributed by atoms with Gasteiger partial charge >= 0.3 is 0 Å². The summed E-state index contributed by atoms with van der Waals surface area (Å²) in [6, 6.07) is 21.1. The zero-order chi connectivity index (χ0) is 30.6. The molecule has 44 heavy (non-hydrogen) atoms. The van der Waals surface area contributed by atoms with E-state index in [0.717, 1.165) is 61.8 Å². The predicted octanol–water partition coefficient (Wildman–Crippen LogP) is 5.84. The number of para-hydroxylation sites is 2. The highest BCUT2D eigenvalue weighted by Gasteiger charge is 2.24. The Morgan fingerprint density at radius 1 is 0.977 bits per heavy atom. The number of benzene rings is 3. The molecule has 0 unspecified atom stereocenters. The van der Waals surface area contributed by atoms with E-state index in [-0.39, 0.29) is 34.4 Å². The molecule has 0 bridgehead atoms. The van der Waals surface area contributed by atoms with E-state index in [1.165, 1.54) is 11.6 Å². The summed E-state index contributed by atoms with van der Waals surface area (Å²) in [5.41, 5.74) is 4.13. The molecule has 2 amide bonds. The Morgan fingerprint density at radius 3 is 2.50 bits per heavy atom. The largest absolute Gasteiger partial charge is 0.504 e. The van der Waals surface area contributed by atoms with Gasteiger partial charge in [0.15, 0.2) is 22.5 Å². The Bertz CT molecular complexity index is 1770. The molecule has 0 spiro atoms. The maximum absolute atomic E-state index is 13.4. The SMILES string of the molecule is O=C(N[C@@H](C=C1CCN(c2ccccc2CN2CCCC2=O)CC1)Cc1ccc(Cl)cc1)c1cc(=O)c2cccc(O)c2o1. The molecule has 3 heterocycles. The molecule has 2 aliphatic rings. The van der Waals surface area contributed by atoms with Crippen molar-refractivity contribution in [3.63, 3.8) is 0 Å². The van der Waals surface area contributed by atoms with Gasteiger partial charge in [-0.2, -0.15) is 0 Å². The van der Waals surface area contributed by atoms with Crippen molar-refractivity contribution in [1.82, 2.24) is 10.2 Å². The van der Waals surface area contributed by atoms with Gasteiger partial charge in [-0.05, 0) is 67.1 Å². The lowest BCUT2D eigenvalue weighted by molar-refractivity contribution is -0.128. The molecule has 0 aliphatic carbocycles. The second kappa shape index (κ2) is 13.0. The molecular weight excluding hydrogens is 578 g/mol. The van der Waals surface area contributed by atoms with Gasteiger partial charge in [0.05, 0.1) is 11.4 Å². The minimum absolute atomic E-state index is 0.0143. The number of likely N-dealkylation sites (tertiary alicyclic amines) is 1. The molecule has 226 valence electrons. The van der Waals surface area contributed by atoms with E-state index in [4.69, 9.17) is 16.0 Å². The van der Waals surface area contributed by atoms with E-state index >= 15 is 0 Å². The van der Waals surface area contributed by atoms with Crippen LogP contribution in [0, 0.1) is 0 Å². The number of anilines is 1. The van der Waals surface area contributed by atoms with Crippen molar-refractivity contribution in [3.05, 3.63) is 117 Å². The molecule has 1 atom stereocenters. The normalized spacial score (nSPS) is 15.9. The van der Waals surface area contributed by atoms with Crippen LogP contribution in [0.15, 0.2) is 93.7 Å². The van der Waals surface area contributed by atoms with Gasteiger partial charge in [-0.15, -0.1) is 0 Å². The Kier molecular flexibility index (Phi) is 8.70. The number of nitrogens with zero attached hydrogens (tertiary/aromatic N) is 2. The highest BCUT2D eigenvalue weighted by atomic mass is 35.5. The first-order valence-corrected chi connectivity index (χ1v) is 15.3. The molecule has 0 saturated carbocycles. The van der Waals surface area contributed by atoms with Gasteiger partial charge in [-0.25, -0.2) is 0 Å². The van der Waals surface area contributed by atoms with Crippen molar-refractivity contribution in [3.8, 4) is 5.75 Å². The molecule has 1 aromatic heterocycles. The lowest BCUT2D eigenvalue weighted by atomic mass is 9.97. The van der Waals surface area contributed by atoms with Gasteiger partial charge in [0.2, 0.25) is 5.91 Å². The molecule has 4 aromatic rings. The lowest BCUT2D eigenvalue weighted by Crippen LogP contribution is -2.37. The molecule has 3 aromatic carbocycles. The summed E-state index contributed by atoms with van der Waals surface area (Å²) in [7, 11) is 0. The van der Waals surface area contributed by atoms with E-state index in [0.29, 0.717) is 24.4 Å². The fourth-order valence-electron chi connectivity index (χ4n) is 6.06. The maximum Gasteiger partial charge on any atom is 0.287 e. The molecular formula is C35H34ClN3O5. The second-order valence-electron chi connectivity index (χ2n) is 11.4. The minimum atomic E-state index is -0.536. The number of hydrogen-bond acceptors (Lipinski definition) is 6. The highest BCUT2D eigenvalue weighted by Crippen LogP contribution is 2.29. The van der Waals surface area contributed by atoms with E-state index in [2.05, 4.69) is 28.4 Å². The number of amides is 2. The number of phenolic OH excluding ortho intramolecular Hbond substituents is 1. The van der Waals surface area contributed by atoms with Crippen molar-refractivity contribution in [2.24, 2.45) is 0 Å². The Morgan fingerprint density at radius 2 is 1.75 bits per heavy atom. The monoisotopic (exact) mass is 611 g/mol. The average molecular weight is 612 g/mol. The molecule has 2 fully saturated rings. The maximum atomic E-state index is 13.4. The number of rotatable bonds is 8. The van der Waals surface area contributed by atoms with Crippen molar-refractivity contribution in [1.29, 1.82) is 0 Å². The average Bonchev–Trinajstić information content (AvgIpc) is 3.43. The molecule has 6 rings (SSSR count). The Hall–Kier alpha value is -4.56. The molecule has 2 N–H and O–H groups in total. The van der Waals surface area contributed by atoms with Gasteiger partial charge in [-0.3, -0.25) is 14.4 Å². The van der Waals surface area contributed by atoms with Gasteiger partial charge in [0.25, 0.3) is 5.91 Å². The van der Waals surface area contributed by atoms with E-state index in [1.807, 2.05) is 41.3 Å². The van der Waals surface area contributed by atoms with Crippen LogP contribution < -0.4 is 15.6 Å². The fourth-order valence-corrected chi connectivity index (χ4v) is 6.18. The van der Waals surface area contributed by atoms with Crippen molar-refractivity contribution in [2.45, 2.75) is 44.7 Å². The third-order valence-electron chi connectivity index (χ3n) is 8.35. The third-order valence-corrected chi connectivity index (χ3v) is 8.60. The van der Waals surface area contributed by atoms with Gasteiger partial charge < -0.3 is 24.6 Å².